The molecule has 5 heteroatoms. The van der Waals surface area contributed by atoms with Gasteiger partial charge >= 0.3 is 0 Å². The van der Waals surface area contributed by atoms with Gasteiger partial charge in [-0.3, -0.25) is 4.79 Å². The smallest absolute Gasteiger partial charge is 0.268 e. The zero-order valence-electron chi connectivity index (χ0n) is 5.27. The van der Waals surface area contributed by atoms with E-state index < -0.39 is 24.0 Å². The van der Waals surface area contributed by atoms with Gasteiger partial charge in [-0.1, -0.05) is 0 Å². The van der Waals surface area contributed by atoms with Gasteiger partial charge in [0.15, 0.2) is 6.10 Å². The highest BCUT2D eigenvalue weighted by atomic mass is 19.3. The Bertz CT molecular complexity index is 166. The van der Waals surface area contributed by atoms with Crippen LogP contribution in [0.4, 0.5) is 8.78 Å². The van der Waals surface area contributed by atoms with Crippen LogP contribution in [0, 0.1) is 0 Å². The molecule has 0 spiro atoms. The van der Waals surface area contributed by atoms with Gasteiger partial charge in [0.2, 0.25) is 0 Å². The number of rotatable bonds is 1. The zero-order valence-corrected chi connectivity index (χ0v) is 5.27. The molecule has 1 amide bonds. The van der Waals surface area contributed by atoms with Crippen LogP contribution in [0.3, 0.4) is 0 Å². The molecule has 0 radical (unpaired) electrons. The lowest BCUT2D eigenvalue weighted by Crippen LogP contribution is -2.68. The molecular formula is C5H7F2NO2. The highest BCUT2D eigenvalue weighted by Gasteiger charge is 2.50. The minimum Gasteiger partial charge on any atom is -0.381 e. The van der Waals surface area contributed by atoms with E-state index in [-0.39, 0.29) is 0 Å². The van der Waals surface area contributed by atoms with E-state index in [4.69, 9.17) is 5.11 Å². The summed E-state index contributed by atoms with van der Waals surface area (Å²) in [5.41, 5.74) is 0. The van der Waals surface area contributed by atoms with Crippen LogP contribution in [0.1, 0.15) is 6.92 Å². The van der Waals surface area contributed by atoms with E-state index >= 15 is 0 Å². The monoisotopic (exact) mass is 151 g/mol. The second-order valence-electron chi connectivity index (χ2n) is 2.39. The molecule has 1 rings (SSSR count). The predicted molar refractivity (Wildman–Crippen MR) is 28.6 cm³/mol. The molecule has 0 bridgehead atoms. The van der Waals surface area contributed by atoms with E-state index in [1.165, 1.54) is 0 Å². The van der Waals surface area contributed by atoms with Crippen molar-refractivity contribution in [3.05, 3.63) is 0 Å². The van der Waals surface area contributed by atoms with E-state index in [1.807, 2.05) is 5.32 Å². The van der Waals surface area contributed by atoms with E-state index in [2.05, 4.69) is 0 Å². The number of nitrogens with one attached hydrogen (secondary N) is 1. The van der Waals surface area contributed by atoms with Crippen molar-refractivity contribution >= 4 is 5.91 Å². The molecule has 3 nitrogen and oxygen atoms in total. The number of β-lactam (4-membered cyclic amide) rings is 1. The fraction of sp³-hybridized carbons (Fsp3) is 0.800. The molecular weight excluding hydrogens is 144 g/mol. The first kappa shape index (κ1) is 7.40. The topological polar surface area (TPSA) is 49.3 Å². The molecule has 10 heavy (non-hydrogen) atoms. The van der Waals surface area contributed by atoms with Gasteiger partial charge in [-0.05, 0) is 0 Å². The first-order valence-corrected chi connectivity index (χ1v) is 2.79. The van der Waals surface area contributed by atoms with Crippen LogP contribution in [-0.4, -0.2) is 29.1 Å². The van der Waals surface area contributed by atoms with Gasteiger partial charge < -0.3 is 10.4 Å². The van der Waals surface area contributed by atoms with Gasteiger partial charge in [0.05, 0.1) is 0 Å². The van der Waals surface area contributed by atoms with Crippen LogP contribution in [-0.2, 0) is 4.79 Å². The highest BCUT2D eigenvalue weighted by molar-refractivity contribution is 5.88. The Morgan fingerprint density at radius 3 is 2.30 bits per heavy atom. The fourth-order valence-corrected chi connectivity index (χ4v) is 0.777. The van der Waals surface area contributed by atoms with Crippen LogP contribution in [0.15, 0.2) is 0 Å². The van der Waals surface area contributed by atoms with Gasteiger partial charge in [0.1, 0.15) is 6.04 Å². The maximum atomic E-state index is 12.2. The van der Waals surface area contributed by atoms with Crippen LogP contribution in [0.25, 0.3) is 0 Å². The molecule has 0 aromatic carbocycles. The average Bonchev–Trinajstić information content (AvgIpc) is 1.79. The summed E-state index contributed by atoms with van der Waals surface area (Å²) in [6.07, 6.45) is -1.54. The van der Waals surface area contributed by atoms with Gasteiger partial charge in [-0.25, -0.2) is 8.78 Å². The Balaban J connectivity index is 2.56. The van der Waals surface area contributed by atoms with Crippen LogP contribution < -0.4 is 5.32 Å². The van der Waals surface area contributed by atoms with E-state index in [0.29, 0.717) is 6.92 Å². The molecule has 1 aliphatic heterocycles. The number of amides is 1. The van der Waals surface area contributed by atoms with Crippen molar-refractivity contribution in [3.8, 4) is 0 Å². The summed E-state index contributed by atoms with van der Waals surface area (Å²) >= 11 is 0. The largest absolute Gasteiger partial charge is 0.381 e. The first-order chi connectivity index (χ1) is 4.43. The zero-order chi connectivity index (χ0) is 7.94. The fourth-order valence-electron chi connectivity index (χ4n) is 0.777. The number of halogens is 2. The molecule has 0 aliphatic carbocycles. The molecule has 0 unspecified atom stereocenters. The average molecular weight is 151 g/mol. The van der Waals surface area contributed by atoms with E-state index in [1.54, 1.807) is 0 Å². The maximum absolute atomic E-state index is 12.2. The quantitative estimate of drug-likeness (QED) is 0.496. The minimum atomic E-state index is -3.03. The lowest BCUT2D eigenvalue weighted by molar-refractivity contribution is -0.160. The SMILES string of the molecule is CC(F)(F)[C@@H]1NC(=O)[C@@H]1O. The molecule has 2 atom stereocenters. The van der Waals surface area contributed by atoms with Crippen LogP contribution in [0.2, 0.25) is 0 Å². The summed E-state index contributed by atoms with van der Waals surface area (Å²) in [4.78, 5) is 10.2. The summed E-state index contributed by atoms with van der Waals surface area (Å²) < 4.78 is 24.4. The van der Waals surface area contributed by atoms with Gasteiger partial charge in [0, 0.05) is 6.92 Å². The molecule has 0 aromatic rings. The molecule has 2 N–H and O–H groups in total. The van der Waals surface area contributed by atoms with Crippen molar-refractivity contribution in [2.75, 3.05) is 0 Å². The molecule has 1 fully saturated rings. The second-order valence-corrected chi connectivity index (χ2v) is 2.39. The van der Waals surface area contributed by atoms with Gasteiger partial charge in [0.25, 0.3) is 11.8 Å². The van der Waals surface area contributed by atoms with Crippen LogP contribution >= 0.6 is 0 Å². The number of carbonyl (C=O) groups excluding carboxylic acids is 1. The Morgan fingerprint density at radius 1 is 1.70 bits per heavy atom. The summed E-state index contributed by atoms with van der Waals surface area (Å²) in [6, 6.07) is -1.40. The Morgan fingerprint density at radius 2 is 2.20 bits per heavy atom. The lowest BCUT2D eigenvalue weighted by atomic mass is 9.97. The van der Waals surface area contributed by atoms with E-state index in [0.717, 1.165) is 0 Å². The number of aliphatic hydroxyl groups is 1. The van der Waals surface area contributed by atoms with Crippen molar-refractivity contribution in [1.82, 2.24) is 5.32 Å². The summed E-state index contributed by atoms with van der Waals surface area (Å²) in [5, 5.41) is 10.5. The molecule has 1 aliphatic rings. The number of aliphatic hydroxyl groups excluding tert-OH is 1. The number of hydrogen-bond donors (Lipinski definition) is 2. The summed E-state index contributed by atoms with van der Waals surface area (Å²) in [5.74, 6) is -3.76. The van der Waals surface area contributed by atoms with Crippen LogP contribution in [0.5, 0.6) is 0 Å². The van der Waals surface area contributed by atoms with E-state index in [9.17, 15) is 13.6 Å². The number of alkyl halides is 2. The maximum Gasteiger partial charge on any atom is 0.268 e. The Labute approximate surface area is 56.0 Å². The van der Waals surface area contributed by atoms with Crippen molar-refractivity contribution in [1.29, 1.82) is 0 Å². The molecule has 58 valence electrons. The molecule has 0 aromatic heterocycles. The highest BCUT2D eigenvalue weighted by Crippen LogP contribution is 2.24. The normalized spacial score (nSPS) is 33.0. The standard InChI is InChI=1S/C5H7F2NO2/c1-5(6,7)3-2(9)4(10)8-3/h2-3,9H,1H3,(H,8,10)/t2-,3-/m1/s1. The summed E-state index contributed by atoms with van der Waals surface area (Å²) in [7, 11) is 0. The van der Waals surface area contributed by atoms with Crippen molar-refractivity contribution in [3.63, 3.8) is 0 Å². The summed E-state index contributed by atoms with van der Waals surface area (Å²) in [6.45, 7) is 0.653. The minimum absolute atomic E-state index is 0.653. The Hall–Kier alpha value is -0.710. The molecule has 0 saturated carbocycles. The van der Waals surface area contributed by atoms with Gasteiger partial charge in [-0.15, -0.1) is 0 Å². The Kier molecular flexibility index (Phi) is 1.39. The molecule has 1 heterocycles. The van der Waals surface area contributed by atoms with Crippen molar-refractivity contribution in [2.24, 2.45) is 0 Å². The lowest BCUT2D eigenvalue weighted by Gasteiger charge is -2.36. The third-order valence-electron chi connectivity index (χ3n) is 1.43. The van der Waals surface area contributed by atoms with Gasteiger partial charge in [-0.2, -0.15) is 0 Å². The second kappa shape index (κ2) is 1.88. The molecule has 1 saturated heterocycles. The predicted octanol–water partition coefficient (Wildman–Crippen LogP) is -0.499. The third-order valence-corrected chi connectivity index (χ3v) is 1.43. The van der Waals surface area contributed by atoms with Crippen molar-refractivity contribution < 1.29 is 18.7 Å². The third kappa shape index (κ3) is 0.965. The number of carbonyl (C=O) groups is 1. The number of hydrogen-bond acceptors (Lipinski definition) is 2. The first-order valence-electron chi connectivity index (χ1n) is 2.79. The van der Waals surface area contributed by atoms with Crippen molar-refractivity contribution in [2.45, 2.75) is 25.0 Å².